The van der Waals surface area contributed by atoms with E-state index in [0.29, 0.717) is 13.2 Å². The topological polar surface area (TPSA) is 35.5 Å². The molecule has 0 spiro atoms. The van der Waals surface area contributed by atoms with Gasteiger partial charge in [-0.05, 0) is 125 Å². The summed E-state index contributed by atoms with van der Waals surface area (Å²) in [5.74, 6) is 0. The van der Waals surface area contributed by atoms with E-state index in [1.807, 2.05) is 12.1 Å². The fraction of sp³-hybridized carbons (Fsp3) is 0.333. The van der Waals surface area contributed by atoms with Crippen LogP contribution in [-0.4, -0.2) is 13.2 Å². The largest absolute Gasteiger partial charge is 0.697 e. The predicted octanol–water partition coefficient (Wildman–Crippen LogP) is 7.99. The Morgan fingerprint density at radius 2 is 1.12 bits per heavy atom. The van der Waals surface area contributed by atoms with Crippen LogP contribution in [0, 0.1) is 0 Å². The highest BCUT2D eigenvalue weighted by atomic mass is 79.9. The van der Waals surface area contributed by atoms with E-state index in [9.17, 15) is 4.57 Å². The molecule has 0 heterocycles. The van der Waals surface area contributed by atoms with E-state index in [2.05, 4.69) is 88.0 Å². The molecule has 2 rings (SSSR count). The van der Waals surface area contributed by atoms with Gasteiger partial charge in [0.25, 0.3) is 0 Å². The second-order valence-electron chi connectivity index (χ2n) is 5.59. The van der Waals surface area contributed by atoms with Crippen molar-refractivity contribution in [3.8, 4) is 0 Å². The van der Waals surface area contributed by atoms with Gasteiger partial charge in [-0.1, -0.05) is 12.1 Å². The first-order valence-electron chi connectivity index (χ1n) is 8.06. The quantitative estimate of drug-likeness (QED) is 0.197. The average Bonchev–Trinajstić information content (AvgIpc) is 2.61. The monoisotopic (exact) mass is 629 g/mol. The van der Waals surface area contributed by atoms with Gasteiger partial charge in [0, 0.05) is 22.5 Å². The summed E-state index contributed by atoms with van der Waals surface area (Å²) in [6.45, 7) is 0.838. The number of aryl methyl sites for hydroxylation is 2. The SMILES string of the molecule is O=[P+](OCCCc1ccc(Br)c(Br)c1)OCCCc1ccc(Br)c(Br)c1. The molecular weight excluding hydrogens is 615 g/mol. The Hall–Kier alpha value is 0.380. The minimum Gasteiger partial charge on any atom is -0.119 e. The number of benzene rings is 2. The van der Waals surface area contributed by atoms with Gasteiger partial charge in [0.15, 0.2) is 0 Å². The molecule has 0 bridgehead atoms. The molecule has 3 nitrogen and oxygen atoms in total. The molecule has 2 aromatic rings. The highest BCUT2D eigenvalue weighted by Crippen LogP contribution is 2.27. The maximum atomic E-state index is 11.7. The summed E-state index contributed by atoms with van der Waals surface area (Å²) in [5, 5.41) is 0. The lowest BCUT2D eigenvalue weighted by Crippen LogP contribution is -1.95. The molecule has 0 radical (unpaired) electrons. The number of rotatable bonds is 10. The molecule has 0 amide bonds. The first kappa shape index (κ1) is 22.7. The van der Waals surface area contributed by atoms with Gasteiger partial charge in [0.05, 0.1) is 0 Å². The minimum absolute atomic E-state index is 0.419. The molecule has 0 saturated carbocycles. The standard InChI is InChI=1S/C18H18Br4O3P/c19-15-7-5-13(11-17(15)21)3-1-9-24-26(23)25-10-2-4-14-6-8-16(20)18(22)12-14/h5-8,11-12H,1-4,9-10H2/q+1. The van der Waals surface area contributed by atoms with Crippen molar-refractivity contribution < 1.29 is 13.6 Å². The molecule has 0 aromatic heterocycles. The molecule has 0 unspecified atom stereocenters. The Bertz CT molecular complexity index is 694. The predicted molar refractivity (Wildman–Crippen MR) is 120 cm³/mol. The van der Waals surface area contributed by atoms with Gasteiger partial charge in [0.1, 0.15) is 13.2 Å². The van der Waals surface area contributed by atoms with Crippen LogP contribution in [-0.2, 0) is 26.5 Å². The van der Waals surface area contributed by atoms with Crippen LogP contribution in [0.4, 0.5) is 0 Å². The maximum absolute atomic E-state index is 11.7. The zero-order valence-electron chi connectivity index (χ0n) is 13.9. The van der Waals surface area contributed by atoms with Crippen LogP contribution in [0.3, 0.4) is 0 Å². The van der Waals surface area contributed by atoms with Crippen molar-refractivity contribution in [2.45, 2.75) is 25.7 Å². The molecule has 8 heteroatoms. The van der Waals surface area contributed by atoms with Gasteiger partial charge in [-0.15, -0.1) is 9.05 Å². The fourth-order valence-corrected chi connectivity index (χ4v) is 4.23. The van der Waals surface area contributed by atoms with Crippen molar-refractivity contribution in [2.24, 2.45) is 0 Å². The summed E-state index contributed by atoms with van der Waals surface area (Å²) < 4.78 is 26.4. The van der Waals surface area contributed by atoms with E-state index in [4.69, 9.17) is 9.05 Å². The summed E-state index contributed by atoms with van der Waals surface area (Å²) >= 11 is 13.9. The lowest BCUT2D eigenvalue weighted by molar-refractivity contribution is 0.222. The van der Waals surface area contributed by atoms with Crippen LogP contribution in [0.15, 0.2) is 54.3 Å². The zero-order chi connectivity index (χ0) is 18.9. The summed E-state index contributed by atoms with van der Waals surface area (Å²) in [4.78, 5) is 0. The molecule has 0 atom stereocenters. The number of hydrogen-bond acceptors (Lipinski definition) is 3. The zero-order valence-corrected chi connectivity index (χ0v) is 21.1. The highest BCUT2D eigenvalue weighted by molar-refractivity contribution is 9.13. The first-order chi connectivity index (χ1) is 12.5. The van der Waals surface area contributed by atoms with Crippen molar-refractivity contribution in [2.75, 3.05) is 13.2 Å². The summed E-state index contributed by atoms with van der Waals surface area (Å²) in [5.41, 5.74) is 2.42. The van der Waals surface area contributed by atoms with E-state index in [0.717, 1.165) is 43.6 Å². The summed E-state index contributed by atoms with van der Waals surface area (Å²) in [6, 6.07) is 12.3. The average molecular weight is 633 g/mol. The fourth-order valence-electron chi connectivity index (χ4n) is 2.26. The normalized spacial score (nSPS) is 10.9. The molecule has 0 fully saturated rings. The van der Waals surface area contributed by atoms with Crippen molar-refractivity contribution in [3.05, 3.63) is 65.4 Å². The minimum atomic E-state index is -2.05. The second-order valence-corrected chi connectivity index (χ2v) is 9.98. The Balaban J connectivity index is 1.57. The third kappa shape index (κ3) is 8.17. The van der Waals surface area contributed by atoms with Crippen LogP contribution in [0.2, 0.25) is 0 Å². The van der Waals surface area contributed by atoms with Crippen LogP contribution < -0.4 is 0 Å². The summed E-state index contributed by atoms with van der Waals surface area (Å²) in [6.07, 6.45) is 3.33. The van der Waals surface area contributed by atoms with Gasteiger partial charge in [0.2, 0.25) is 0 Å². The van der Waals surface area contributed by atoms with Gasteiger partial charge in [-0.3, -0.25) is 0 Å². The first-order valence-corrected chi connectivity index (χ1v) is 12.3. The van der Waals surface area contributed by atoms with Crippen molar-refractivity contribution >= 4 is 72.0 Å². The smallest absolute Gasteiger partial charge is 0.119 e. The molecule has 140 valence electrons. The second kappa shape index (κ2) is 12.1. The molecule has 2 aromatic carbocycles. The van der Waals surface area contributed by atoms with Crippen LogP contribution in [0.25, 0.3) is 0 Å². The van der Waals surface area contributed by atoms with Gasteiger partial charge >= 0.3 is 8.25 Å². The Labute approximate surface area is 188 Å². The molecule has 0 aliphatic rings. The maximum Gasteiger partial charge on any atom is 0.697 e. The van der Waals surface area contributed by atoms with E-state index in [1.165, 1.54) is 11.1 Å². The van der Waals surface area contributed by atoms with Crippen molar-refractivity contribution in [1.82, 2.24) is 0 Å². The van der Waals surface area contributed by atoms with Crippen molar-refractivity contribution in [1.29, 1.82) is 0 Å². The third-order valence-electron chi connectivity index (χ3n) is 3.58. The number of hydrogen-bond donors (Lipinski definition) is 0. The van der Waals surface area contributed by atoms with Gasteiger partial charge in [-0.2, -0.15) is 0 Å². The molecule has 0 aliphatic carbocycles. The summed E-state index contributed by atoms with van der Waals surface area (Å²) in [7, 11) is -2.05. The highest BCUT2D eigenvalue weighted by Gasteiger charge is 2.19. The molecule has 0 saturated heterocycles. The van der Waals surface area contributed by atoms with Gasteiger partial charge < -0.3 is 0 Å². The van der Waals surface area contributed by atoms with Crippen LogP contribution in [0.5, 0.6) is 0 Å². The van der Waals surface area contributed by atoms with E-state index < -0.39 is 8.25 Å². The Kier molecular flexibility index (Phi) is 10.5. The van der Waals surface area contributed by atoms with E-state index in [-0.39, 0.29) is 0 Å². The number of halogens is 4. The van der Waals surface area contributed by atoms with Crippen LogP contribution >= 0.6 is 72.0 Å². The lowest BCUT2D eigenvalue weighted by atomic mass is 10.1. The van der Waals surface area contributed by atoms with Crippen molar-refractivity contribution in [3.63, 3.8) is 0 Å². The van der Waals surface area contributed by atoms with Gasteiger partial charge in [-0.25, -0.2) is 0 Å². The lowest BCUT2D eigenvalue weighted by Gasteiger charge is -2.02. The Morgan fingerprint density at radius 1 is 0.692 bits per heavy atom. The molecular formula is C18H18Br4O3P+. The van der Waals surface area contributed by atoms with Crippen LogP contribution in [0.1, 0.15) is 24.0 Å². The Morgan fingerprint density at radius 3 is 1.50 bits per heavy atom. The third-order valence-corrected chi connectivity index (χ3v) is 8.13. The molecule has 0 aliphatic heterocycles. The molecule has 26 heavy (non-hydrogen) atoms. The molecule has 0 N–H and O–H groups in total. The van der Waals surface area contributed by atoms with E-state index >= 15 is 0 Å². The van der Waals surface area contributed by atoms with E-state index in [1.54, 1.807) is 0 Å².